The van der Waals surface area contributed by atoms with Gasteiger partial charge in [0.2, 0.25) is 0 Å². The lowest BCUT2D eigenvalue weighted by Gasteiger charge is -2.52. The molecule has 190 valence electrons. The zero-order valence-electron chi connectivity index (χ0n) is 21.1. The maximum Gasteiger partial charge on any atom is 0.253 e. The highest BCUT2D eigenvalue weighted by molar-refractivity contribution is 5.94. The maximum atomic E-state index is 13.6. The van der Waals surface area contributed by atoms with Crippen LogP contribution in [0.2, 0.25) is 0 Å². The van der Waals surface area contributed by atoms with Gasteiger partial charge in [-0.05, 0) is 72.2 Å². The van der Waals surface area contributed by atoms with E-state index in [1.165, 1.54) is 23.3 Å². The number of amides is 1. The van der Waals surface area contributed by atoms with Crippen molar-refractivity contribution in [2.75, 3.05) is 26.3 Å². The highest BCUT2D eigenvalue weighted by atomic mass is 19.1. The molecule has 5 nitrogen and oxygen atoms in total. The van der Waals surface area contributed by atoms with Crippen molar-refractivity contribution in [3.63, 3.8) is 0 Å². The molecule has 2 saturated heterocycles. The second-order valence-corrected chi connectivity index (χ2v) is 10.8. The Balaban J connectivity index is 1.19. The Morgan fingerprint density at radius 2 is 1.76 bits per heavy atom. The first-order valence-corrected chi connectivity index (χ1v) is 13.1. The number of hydrogen-bond donors (Lipinski definition) is 2. The molecule has 3 aromatic rings. The minimum Gasteiger partial charge on any atom is -0.381 e. The van der Waals surface area contributed by atoms with Crippen LogP contribution in [-0.2, 0) is 4.74 Å². The molecule has 2 N–H and O–H groups in total. The smallest absolute Gasteiger partial charge is 0.253 e. The molecule has 0 radical (unpaired) electrons. The number of allylic oxidation sites excluding steroid dienone is 1. The Kier molecular flexibility index (Phi) is 6.39. The van der Waals surface area contributed by atoms with Crippen LogP contribution in [0, 0.1) is 11.2 Å². The molecule has 2 aromatic carbocycles. The molecule has 3 fully saturated rings. The number of nitrogens with zero attached hydrogens (tertiary/aromatic N) is 1. The summed E-state index contributed by atoms with van der Waals surface area (Å²) in [5.74, 6) is -0.0489. The average Bonchev–Trinajstić information content (AvgIpc) is 3.41. The topological polar surface area (TPSA) is 63.2 Å². The second kappa shape index (κ2) is 9.84. The molecule has 3 aliphatic rings. The molecular formula is C31H32FN3O2. The predicted octanol–water partition coefficient (Wildman–Crippen LogP) is 5.40. The van der Waals surface area contributed by atoms with Crippen LogP contribution in [0.5, 0.6) is 0 Å². The van der Waals surface area contributed by atoms with Gasteiger partial charge in [0.25, 0.3) is 5.91 Å². The van der Waals surface area contributed by atoms with Crippen molar-refractivity contribution in [2.45, 2.75) is 38.1 Å². The van der Waals surface area contributed by atoms with Crippen LogP contribution in [0.3, 0.4) is 0 Å². The summed E-state index contributed by atoms with van der Waals surface area (Å²) in [4.78, 5) is 17.3. The van der Waals surface area contributed by atoms with Crippen molar-refractivity contribution >= 4 is 11.5 Å². The summed E-state index contributed by atoms with van der Waals surface area (Å²) in [7, 11) is 0. The fourth-order valence-corrected chi connectivity index (χ4v) is 5.85. The second-order valence-electron chi connectivity index (χ2n) is 10.8. The van der Waals surface area contributed by atoms with Gasteiger partial charge in [0.1, 0.15) is 5.82 Å². The normalized spacial score (nSPS) is 20.7. The Morgan fingerprint density at radius 1 is 1.05 bits per heavy atom. The van der Waals surface area contributed by atoms with E-state index >= 15 is 0 Å². The van der Waals surface area contributed by atoms with Gasteiger partial charge in [0, 0.05) is 43.4 Å². The number of halogens is 1. The first kappa shape index (κ1) is 24.0. The van der Waals surface area contributed by atoms with Gasteiger partial charge in [-0.25, -0.2) is 4.39 Å². The van der Waals surface area contributed by atoms with Gasteiger partial charge in [-0.2, -0.15) is 0 Å². The number of aromatic nitrogens is 1. The Bertz CT molecular complexity index is 1310. The number of carbonyl (C=O) groups is 1. The number of ether oxygens (including phenoxy) is 1. The Hall–Kier alpha value is -3.35. The Morgan fingerprint density at radius 3 is 2.38 bits per heavy atom. The number of hydrogen-bond acceptors (Lipinski definition) is 4. The third kappa shape index (κ3) is 4.83. The van der Waals surface area contributed by atoms with Crippen molar-refractivity contribution in [2.24, 2.45) is 5.41 Å². The number of pyridine rings is 1. The highest BCUT2D eigenvalue weighted by Gasteiger charge is 2.46. The van der Waals surface area contributed by atoms with Crippen molar-refractivity contribution in [3.05, 3.63) is 106 Å². The molecule has 1 saturated carbocycles. The van der Waals surface area contributed by atoms with E-state index in [0.29, 0.717) is 23.5 Å². The lowest BCUT2D eigenvalue weighted by molar-refractivity contribution is 0.0939. The van der Waals surface area contributed by atoms with Gasteiger partial charge in [-0.3, -0.25) is 9.78 Å². The largest absolute Gasteiger partial charge is 0.381 e. The maximum absolute atomic E-state index is 13.6. The van der Waals surface area contributed by atoms with Crippen molar-refractivity contribution in [3.8, 4) is 0 Å². The first-order valence-electron chi connectivity index (χ1n) is 13.1. The van der Waals surface area contributed by atoms with Crippen LogP contribution in [0.4, 0.5) is 4.39 Å². The predicted molar refractivity (Wildman–Crippen MR) is 142 cm³/mol. The van der Waals surface area contributed by atoms with Gasteiger partial charge in [-0.1, -0.05) is 42.0 Å². The molecule has 1 amide bonds. The highest BCUT2D eigenvalue weighted by Crippen LogP contribution is 2.51. The van der Waals surface area contributed by atoms with Gasteiger partial charge in [0.15, 0.2) is 0 Å². The molecule has 0 bridgehead atoms. The minimum absolute atomic E-state index is 0.132. The van der Waals surface area contributed by atoms with Gasteiger partial charge in [0.05, 0.1) is 18.2 Å². The van der Waals surface area contributed by atoms with Crippen molar-refractivity contribution in [1.29, 1.82) is 0 Å². The van der Waals surface area contributed by atoms with Crippen molar-refractivity contribution < 1.29 is 13.9 Å². The van der Waals surface area contributed by atoms with Crippen LogP contribution in [0.25, 0.3) is 5.57 Å². The zero-order chi connectivity index (χ0) is 25.4. The summed E-state index contributed by atoms with van der Waals surface area (Å²) in [6.07, 6.45) is 6.58. The fourth-order valence-electron chi connectivity index (χ4n) is 5.85. The number of benzene rings is 2. The molecular weight excluding hydrogens is 465 g/mol. The molecule has 37 heavy (non-hydrogen) atoms. The summed E-state index contributed by atoms with van der Waals surface area (Å²) in [6, 6.07) is 17.0. The standard InChI is InChI=1S/C31H32FN3O2/c1-20(35-30(36)26-12-25(15-33-16-26)24-10-11-37-17-24)21-2-4-22(5-3-21)29(23-6-8-28(32)9-7-23)27-13-31(14-27)18-34-19-31/h2-9,12,15-16,20,24,34H,10-11,13-14,17-19H2,1H3,(H,35,36)/t20-,24?/m1/s1. The Labute approximate surface area is 217 Å². The van der Waals surface area contributed by atoms with Crippen LogP contribution in [-0.4, -0.2) is 37.2 Å². The van der Waals surface area contributed by atoms with Crippen LogP contribution < -0.4 is 10.6 Å². The fraction of sp³-hybridized carbons (Fsp3) is 0.355. The number of rotatable bonds is 6. The molecule has 3 heterocycles. The van der Waals surface area contributed by atoms with E-state index in [0.717, 1.165) is 61.2 Å². The quantitative estimate of drug-likeness (QED) is 0.479. The van der Waals surface area contributed by atoms with Gasteiger partial charge < -0.3 is 15.4 Å². The summed E-state index contributed by atoms with van der Waals surface area (Å²) in [5.41, 5.74) is 7.88. The summed E-state index contributed by atoms with van der Waals surface area (Å²) in [5, 5.41) is 6.52. The van der Waals surface area contributed by atoms with Gasteiger partial charge >= 0.3 is 0 Å². The van der Waals surface area contributed by atoms with E-state index in [9.17, 15) is 9.18 Å². The lowest BCUT2D eigenvalue weighted by atomic mass is 9.60. The van der Waals surface area contributed by atoms with Gasteiger partial charge in [-0.15, -0.1) is 0 Å². The van der Waals surface area contributed by atoms with E-state index in [4.69, 9.17) is 4.74 Å². The zero-order valence-corrected chi connectivity index (χ0v) is 21.1. The number of nitrogens with one attached hydrogen (secondary N) is 2. The molecule has 2 atom stereocenters. The average molecular weight is 498 g/mol. The summed E-state index contributed by atoms with van der Waals surface area (Å²) >= 11 is 0. The molecule has 6 rings (SSSR count). The first-order chi connectivity index (χ1) is 18.0. The lowest BCUT2D eigenvalue weighted by Crippen LogP contribution is -2.58. The van der Waals surface area contributed by atoms with E-state index in [-0.39, 0.29) is 17.8 Å². The van der Waals surface area contributed by atoms with Crippen molar-refractivity contribution in [1.82, 2.24) is 15.6 Å². The van der Waals surface area contributed by atoms with E-state index < -0.39 is 0 Å². The van der Waals surface area contributed by atoms with Crippen LogP contribution in [0.1, 0.15) is 70.8 Å². The molecule has 2 aliphatic heterocycles. The summed E-state index contributed by atoms with van der Waals surface area (Å²) < 4.78 is 19.1. The monoisotopic (exact) mass is 497 g/mol. The molecule has 6 heteroatoms. The SMILES string of the molecule is C[C@@H](NC(=O)c1cncc(C2CCOC2)c1)c1ccc(C(=C2CC3(CNC3)C2)c2ccc(F)cc2)cc1. The molecule has 1 spiro atoms. The number of carbonyl (C=O) groups excluding carboxylic acids is 1. The molecule has 1 aromatic heterocycles. The van der Waals surface area contributed by atoms with E-state index in [1.54, 1.807) is 6.20 Å². The molecule has 1 unspecified atom stereocenters. The third-order valence-corrected chi connectivity index (χ3v) is 8.13. The van der Waals surface area contributed by atoms with Crippen LogP contribution >= 0.6 is 0 Å². The summed E-state index contributed by atoms with van der Waals surface area (Å²) in [6.45, 7) is 5.59. The third-order valence-electron chi connectivity index (χ3n) is 8.13. The minimum atomic E-state index is -0.224. The molecule has 1 aliphatic carbocycles. The van der Waals surface area contributed by atoms with Crippen LogP contribution in [0.15, 0.2) is 72.6 Å². The van der Waals surface area contributed by atoms with E-state index in [2.05, 4.69) is 39.9 Å². The van der Waals surface area contributed by atoms with E-state index in [1.807, 2.05) is 31.3 Å².